The quantitative estimate of drug-likeness (QED) is 0.702. The topological polar surface area (TPSA) is 92.8 Å². The van der Waals surface area contributed by atoms with Gasteiger partial charge < -0.3 is 10.1 Å². The number of amides is 1. The zero-order chi connectivity index (χ0) is 21.0. The first-order valence-electron chi connectivity index (χ1n) is 9.05. The van der Waals surface area contributed by atoms with Crippen LogP contribution in [0.3, 0.4) is 0 Å². The second kappa shape index (κ2) is 8.87. The van der Waals surface area contributed by atoms with Gasteiger partial charge in [-0.05, 0) is 30.3 Å². The van der Waals surface area contributed by atoms with Gasteiger partial charge >= 0.3 is 5.97 Å². The van der Waals surface area contributed by atoms with Crippen LogP contribution in [0.4, 0.5) is 11.4 Å². The summed E-state index contributed by atoms with van der Waals surface area (Å²) in [7, 11) is -2.71. The van der Waals surface area contributed by atoms with Crippen molar-refractivity contribution >= 4 is 45.0 Å². The maximum Gasteiger partial charge on any atom is 0.307 e. The number of nitrogens with one attached hydrogen (secondary N) is 1. The van der Waals surface area contributed by atoms with Crippen LogP contribution in [-0.4, -0.2) is 39.7 Å². The van der Waals surface area contributed by atoms with Gasteiger partial charge in [-0.2, -0.15) is 0 Å². The first-order chi connectivity index (χ1) is 13.8. The van der Waals surface area contributed by atoms with Gasteiger partial charge in [0.2, 0.25) is 5.91 Å². The summed E-state index contributed by atoms with van der Waals surface area (Å²) in [5.41, 5.74) is 0.921. The van der Waals surface area contributed by atoms with Crippen LogP contribution in [0.25, 0.3) is 0 Å². The molecule has 1 unspecified atom stereocenters. The molecule has 0 saturated heterocycles. The number of rotatable bonds is 6. The van der Waals surface area contributed by atoms with E-state index in [0.29, 0.717) is 17.1 Å². The van der Waals surface area contributed by atoms with Crippen LogP contribution in [0.15, 0.2) is 58.3 Å². The van der Waals surface area contributed by atoms with E-state index in [0.717, 1.165) is 4.90 Å². The highest BCUT2D eigenvalue weighted by Crippen LogP contribution is 2.35. The van der Waals surface area contributed by atoms with Gasteiger partial charge in [-0.1, -0.05) is 25.1 Å². The number of para-hydroxylation sites is 1. The van der Waals surface area contributed by atoms with Crippen LogP contribution < -0.4 is 9.62 Å². The second-order valence-electron chi connectivity index (χ2n) is 6.60. The third-order valence-corrected chi connectivity index (χ3v) is 7.68. The summed E-state index contributed by atoms with van der Waals surface area (Å²) in [6, 6.07) is 13.3. The molecular formula is C20H22N2O5S2. The number of sulfonamides is 1. The maximum absolute atomic E-state index is 13.4. The Morgan fingerprint density at radius 3 is 2.66 bits per heavy atom. The average Bonchev–Trinajstić information content (AvgIpc) is 2.86. The lowest BCUT2D eigenvalue weighted by atomic mass is 10.2. The zero-order valence-electron chi connectivity index (χ0n) is 16.1. The lowest BCUT2D eigenvalue weighted by molar-refractivity contribution is -0.140. The second-order valence-corrected chi connectivity index (χ2v) is 9.52. The Hall–Kier alpha value is -2.52. The van der Waals surface area contributed by atoms with Crippen molar-refractivity contribution in [2.24, 2.45) is 5.92 Å². The molecule has 1 aliphatic heterocycles. The van der Waals surface area contributed by atoms with E-state index in [-0.39, 0.29) is 29.7 Å². The summed E-state index contributed by atoms with van der Waals surface area (Å²) in [6.07, 6.45) is -0.0837. The highest BCUT2D eigenvalue weighted by molar-refractivity contribution is 7.99. The summed E-state index contributed by atoms with van der Waals surface area (Å²) in [5.74, 6) is -0.189. The summed E-state index contributed by atoms with van der Waals surface area (Å²) in [5, 5.41) is 2.81. The third-order valence-electron chi connectivity index (χ3n) is 4.52. The number of hydrogen-bond acceptors (Lipinski definition) is 6. The average molecular weight is 435 g/mol. The van der Waals surface area contributed by atoms with Crippen LogP contribution in [0, 0.1) is 5.92 Å². The minimum Gasteiger partial charge on any atom is -0.469 e. The van der Waals surface area contributed by atoms with Crippen molar-refractivity contribution in [1.29, 1.82) is 0 Å². The smallest absolute Gasteiger partial charge is 0.307 e. The monoisotopic (exact) mass is 434 g/mol. The van der Waals surface area contributed by atoms with Crippen molar-refractivity contribution < 1.29 is 22.7 Å². The molecule has 1 aliphatic rings. The largest absolute Gasteiger partial charge is 0.469 e. The standard InChI is InChI=1S/C20H22N2O5S2/c1-14-13-28-18-9-8-16(12-17(18)21-20(14)24)29(25,26)22(11-10-19(23)27-2)15-6-4-3-5-7-15/h3-9,12,14H,10-11,13H2,1-2H3,(H,21,24). The molecule has 154 valence electrons. The molecule has 0 aliphatic carbocycles. The van der Waals surface area contributed by atoms with Gasteiger partial charge in [-0.25, -0.2) is 8.42 Å². The zero-order valence-corrected chi connectivity index (χ0v) is 17.8. The van der Waals surface area contributed by atoms with Crippen LogP contribution in [-0.2, 0) is 24.3 Å². The molecule has 3 rings (SSSR count). The van der Waals surface area contributed by atoms with E-state index < -0.39 is 16.0 Å². The number of esters is 1. The molecular weight excluding hydrogens is 412 g/mol. The van der Waals surface area contributed by atoms with E-state index >= 15 is 0 Å². The Bertz CT molecular complexity index is 1010. The van der Waals surface area contributed by atoms with Crippen LogP contribution in [0.5, 0.6) is 0 Å². The molecule has 1 amide bonds. The Labute approximate surface area is 174 Å². The predicted molar refractivity (Wildman–Crippen MR) is 113 cm³/mol. The fraction of sp³-hybridized carbons (Fsp3) is 0.300. The maximum atomic E-state index is 13.4. The number of carbonyl (C=O) groups excluding carboxylic acids is 2. The van der Waals surface area contributed by atoms with Crippen molar-refractivity contribution in [1.82, 2.24) is 0 Å². The van der Waals surface area contributed by atoms with Gasteiger partial charge in [0.05, 0.1) is 29.8 Å². The highest BCUT2D eigenvalue weighted by Gasteiger charge is 2.28. The number of carbonyl (C=O) groups is 2. The lowest BCUT2D eigenvalue weighted by Gasteiger charge is -2.24. The molecule has 0 bridgehead atoms. The van der Waals surface area contributed by atoms with Gasteiger partial charge in [0.25, 0.3) is 10.0 Å². The van der Waals surface area contributed by atoms with Gasteiger partial charge in [0, 0.05) is 23.1 Å². The molecule has 9 heteroatoms. The first kappa shape index (κ1) is 21.2. The molecule has 1 N–H and O–H groups in total. The summed E-state index contributed by atoms with van der Waals surface area (Å²) < 4.78 is 32.6. The fourth-order valence-electron chi connectivity index (χ4n) is 2.84. The van der Waals surface area contributed by atoms with E-state index in [9.17, 15) is 18.0 Å². The number of nitrogens with zero attached hydrogens (tertiary/aromatic N) is 1. The minimum absolute atomic E-state index is 0.0421. The fourth-order valence-corrected chi connectivity index (χ4v) is 5.35. The number of thioether (sulfide) groups is 1. The number of anilines is 2. The SMILES string of the molecule is COC(=O)CCN(c1ccccc1)S(=O)(=O)c1ccc2c(c1)NC(=O)C(C)CS2. The van der Waals surface area contributed by atoms with Crippen molar-refractivity contribution in [3.63, 3.8) is 0 Å². The molecule has 0 fully saturated rings. The normalized spacial score (nSPS) is 16.3. The molecule has 1 heterocycles. The Morgan fingerprint density at radius 1 is 1.24 bits per heavy atom. The predicted octanol–water partition coefficient (Wildman–Crippen LogP) is 3.13. The summed E-state index contributed by atoms with van der Waals surface area (Å²) in [6.45, 7) is 1.77. The molecule has 2 aromatic rings. The third kappa shape index (κ3) is 4.73. The molecule has 0 radical (unpaired) electrons. The number of fused-ring (bicyclic) bond motifs is 1. The van der Waals surface area contributed by atoms with E-state index in [2.05, 4.69) is 10.1 Å². The van der Waals surface area contributed by atoms with Crippen molar-refractivity contribution in [2.45, 2.75) is 23.1 Å². The van der Waals surface area contributed by atoms with E-state index in [4.69, 9.17) is 0 Å². The lowest BCUT2D eigenvalue weighted by Crippen LogP contribution is -2.33. The molecule has 2 aromatic carbocycles. The van der Waals surface area contributed by atoms with Crippen molar-refractivity contribution in [3.8, 4) is 0 Å². The minimum atomic E-state index is -3.97. The summed E-state index contributed by atoms with van der Waals surface area (Å²) in [4.78, 5) is 24.6. The Morgan fingerprint density at radius 2 is 1.97 bits per heavy atom. The number of ether oxygens (including phenoxy) is 1. The van der Waals surface area contributed by atoms with Crippen LogP contribution in [0.1, 0.15) is 13.3 Å². The van der Waals surface area contributed by atoms with Gasteiger partial charge in [-0.3, -0.25) is 13.9 Å². The van der Waals surface area contributed by atoms with Gasteiger partial charge in [-0.15, -0.1) is 11.8 Å². The highest BCUT2D eigenvalue weighted by atomic mass is 32.2. The summed E-state index contributed by atoms with van der Waals surface area (Å²) >= 11 is 1.51. The van der Waals surface area contributed by atoms with Crippen molar-refractivity contribution in [3.05, 3.63) is 48.5 Å². The van der Waals surface area contributed by atoms with E-state index in [1.54, 1.807) is 36.4 Å². The van der Waals surface area contributed by atoms with Gasteiger partial charge in [0.1, 0.15) is 0 Å². The number of benzene rings is 2. The molecule has 29 heavy (non-hydrogen) atoms. The van der Waals surface area contributed by atoms with Gasteiger partial charge in [0.15, 0.2) is 0 Å². The van der Waals surface area contributed by atoms with E-state index in [1.165, 1.54) is 35.3 Å². The van der Waals surface area contributed by atoms with Crippen molar-refractivity contribution in [2.75, 3.05) is 29.0 Å². The first-order valence-corrected chi connectivity index (χ1v) is 11.5. The Balaban J connectivity index is 1.99. The molecule has 0 aromatic heterocycles. The molecule has 1 atom stereocenters. The Kier molecular flexibility index (Phi) is 6.49. The molecule has 7 nitrogen and oxygen atoms in total. The molecule has 0 saturated carbocycles. The number of methoxy groups -OCH3 is 1. The van der Waals surface area contributed by atoms with Crippen LogP contribution >= 0.6 is 11.8 Å². The van der Waals surface area contributed by atoms with E-state index in [1.807, 2.05) is 6.92 Å². The van der Waals surface area contributed by atoms with Crippen LogP contribution in [0.2, 0.25) is 0 Å². The number of hydrogen-bond donors (Lipinski definition) is 1. The molecule has 0 spiro atoms.